The second-order valence-corrected chi connectivity index (χ2v) is 7.05. The number of benzene rings is 2. The molecule has 0 aliphatic rings. The quantitative estimate of drug-likeness (QED) is 0.683. The molecule has 1 aromatic heterocycles. The average molecular weight is 388 g/mol. The van der Waals surface area contributed by atoms with Crippen molar-refractivity contribution in [3.8, 4) is 17.0 Å². The maximum Gasteiger partial charge on any atom is 0.257 e. The van der Waals surface area contributed by atoms with Crippen LogP contribution in [0, 0.1) is 0 Å². The van der Waals surface area contributed by atoms with Crippen LogP contribution in [0.5, 0.6) is 5.75 Å². The average Bonchev–Trinajstić information content (AvgIpc) is 3.10. The van der Waals surface area contributed by atoms with Crippen molar-refractivity contribution in [3.05, 3.63) is 58.4 Å². The number of anilines is 2. The number of halogens is 1. The maximum atomic E-state index is 12.5. The van der Waals surface area contributed by atoms with Crippen LogP contribution in [0.15, 0.2) is 47.8 Å². The van der Waals surface area contributed by atoms with Gasteiger partial charge in [-0.3, -0.25) is 10.1 Å². The minimum Gasteiger partial charge on any atom is -0.495 e. The third kappa shape index (κ3) is 3.98. The summed E-state index contributed by atoms with van der Waals surface area (Å²) in [4.78, 5) is 18.9. The highest BCUT2D eigenvalue weighted by Gasteiger charge is 2.12. The molecular weight excluding hydrogens is 370 g/mol. The van der Waals surface area contributed by atoms with Gasteiger partial charge in [-0.05, 0) is 36.4 Å². The minimum absolute atomic E-state index is 0.192. The third-order valence-electron chi connectivity index (χ3n) is 3.80. The fraction of sp³-hybridized carbons (Fsp3) is 0.158. The van der Waals surface area contributed by atoms with Crippen molar-refractivity contribution in [2.24, 2.45) is 0 Å². The Balaban J connectivity index is 1.77. The molecule has 26 heavy (non-hydrogen) atoms. The van der Waals surface area contributed by atoms with Crippen LogP contribution in [0.3, 0.4) is 0 Å². The summed E-state index contributed by atoms with van der Waals surface area (Å²) in [5.41, 5.74) is 3.16. The zero-order chi connectivity index (χ0) is 18.7. The van der Waals surface area contributed by atoms with E-state index in [2.05, 4.69) is 10.3 Å². The first-order valence-electron chi connectivity index (χ1n) is 7.86. The first-order valence-corrected chi connectivity index (χ1v) is 9.12. The summed E-state index contributed by atoms with van der Waals surface area (Å²) < 4.78 is 5.16. The number of amides is 1. The van der Waals surface area contributed by atoms with Gasteiger partial charge in [0.1, 0.15) is 5.75 Å². The smallest absolute Gasteiger partial charge is 0.257 e. The van der Waals surface area contributed by atoms with Gasteiger partial charge in [0.05, 0.1) is 17.8 Å². The molecule has 0 atom stereocenters. The zero-order valence-electron chi connectivity index (χ0n) is 14.6. The van der Waals surface area contributed by atoms with Gasteiger partial charge in [0.15, 0.2) is 5.13 Å². The van der Waals surface area contributed by atoms with Gasteiger partial charge in [-0.2, -0.15) is 0 Å². The summed E-state index contributed by atoms with van der Waals surface area (Å²) in [6, 6.07) is 12.9. The number of carbonyl (C=O) groups excluding carboxylic acids is 1. The van der Waals surface area contributed by atoms with E-state index in [1.807, 2.05) is 48.6 Å². The van der Waals surface area contributed by atoms with Crippen LogP contribution < -0.4 is 15.0 Å². The lowest BCUT2D eigenvalue weighted by Gasteiger charge is -2.13. The van der Waals surface area contributed by atoms with Crippen molar-refractivity contribution in [1.29, 1.82) is 0 Å². The van der Waals surface area contributed by atoms with Crippen LogP contribution in [-0.2, 0) is 0 Å². The Morgan fingerprint density at radius 1 is 1.23 bits per heavy atom. The Bertz CT molecular complexity index is 940. The van der Waals surface area contributed by atoms with Crippen molar-refractivity contribution in [2.75, 3.05) is 31.4 Å². The van der Waals surface area contributed by atoms with E-state index in [1.54, 1.807) is 25.3 Å². The molecule has 0 unspecified atom stereocenters. The number of hydrogen-bond donors (Lipinski definition) is 1. The summed E-state index contributed by atoms with van der Waals surface area (Å²) in [6.45, 7) is 0. The Hall–Kier alpha value is -2.57. The predicted molar refractivity (Wildman–Crippen MR) is 108 cm³/mol. The van der Waals surface area contributed by atoms with Crippen LogP contribution in [-0.4, -0.2) is 32.1 Å². The number of thiazole rings is 1. The molecule has 0 bridgehead atoms. The van der Waals surface area contributed by atoms with Crippen LogP contribution in [0.1, 0.15) is 10.4 Å². The first-order chi connectivity index (χ1) is 12.5. The normalized spacial score (nSPS) is 10.5. The lowest BCUT2D eigenvalue weighted by atomic mass is 10.1. The van der Waals surface area contributed by atoms with Gasteiger partial charge in [0, 0.05) is 36.3 Å². The highest BCUT2D eigenvalue weighted by atomic mass is 35.5. The fourth-order valence-corrected chi connectivity index (χ4v) is 3.36. The fourth-order valence-electron chi connectivity index (χ4n) is 2.38. The largest absolute Gasteiger partial charge is 0.495 e. The summed E-state index contributed by atoms with van der Waals surface area (Å²) in [5.74, 6) is 0.419. The van der Waals surface area contributed by atoms with Gasteiger partial charge in [-0.15, -0.1) is 11.3 Å². The maximum absolute atomic E-state index is 12.5. The van der Waals surface area contributed by atoms with Crippen molar-refractivity contribution < 1.29 is 9.53 Å². The van der Waals surface area contributed by atoms with E-state index >= 15 is 0 Å². The number of ether oxygens (including phenoxy) is 1. The summed E-state index contributed by atoms with van der Waals surface area (Å²) >= 11 is 7.53. The van der Waals surface area contributed by atoms with E-state index in [-0.39, 0.29) is 5.91 Å². The molecule has 7 heteroatoms. The topological polar surface area (TPSA) is 54.5 Å². The summed E-state index contributed by atoms with van der Waals surface area (Å²) in [5, 5.41) is 5.78. The Kier molecular flexibility index (Phi) is 5.44. The van der Waals surface area contributed by atoms with Gasteiger partial charge in [0.25, 0.3) is 5.91 Å². The SMILES string of the molecule is COc1ccc(-c2csc(NC(=O)c3cccc(N(C)C)c3)n2)cc1Cl. The van der Waals surface area contributed by atoms with Crippen LogP contribution in [0.25, 0.3) is 11.3 Å². The first kappa shape index (κ1) is 18.2. The number of nitrogens with zero attached hydrogens (tertiary/aromatic N) is 2. The second-order valence-electron chi connectivity index (χ2n) is 5.79. The van der Waals surface area contributed by atoms with Crippen molar-refractivity contribution in [3.63, 3.8) is 0 Å². The molecule has 1 amide bonds. The van der Waals surface area contributed by atoms with Crippen molar-refractivity contribution in [1.82, 2.24) is 4.98 Å². The summed E-state index contributed by atoms with van der Waals surface area (Å²) in [6.07, 6.45) is 0. The second kappa shape index (κ2) is 7.76. The standard InChI is InChI=1S/C19H18ClN3O2S/c1-23(2)14-6-4-5-13(9-14)18(24)22-19-21-16(11-26-19)12-7-8-17(25-3)15(20)10-12/h4-11H,1-3H3,(H,21,22,24). The monoisotopic (exact) mass is 387 g/mol. The van der Waals surface area contributed by atoms with E-state index in [1.165, 1.54) is 11.3 Å². The molecule has 1 heterocycles. The Morgan fingerprint density at radius 3 is 2.73 bits per heavy atom. The predicted octanol–water partition coefficient (Wildman–Crippen LogP) is 4.79. The third-order valence-corrected chi connectivity index (χ3v) is 4.85. The minimum atomic E-state index is -0.192. The molecule has 134 valence electrons. The van der Waals surface area contributed by atoms with Crippen LogP contribution >= 0.6 is 22.9 Å². The van der Waals surface area contributed by atoms with Gasteiger partial charge in [-0.1, -0.05) is 17.7 Å². The van der Waals surface area contributed by atoms with E-state index in [0.717, 1.165) is 16.9 Å². The van der Waals surface area contributed by atoms with Gasteiger partial charge < -0.3 is 9.64 Å². The number of hydrogen-bond acceptors (Lipinski definition) is 5. The summed E-state index contributed by atoms with van der Waals surface area (Å²) in [7, 11) is 5.44. The molecular formula is C19H18ClN3O2S. The number of aromatic nitrogens is 1. The molecule has 0 aliphatic carbocycles. The van der Waals surface area contributed by atoms with E-state index in [4.69, 9.17) is 16.3 Å². The highest BCUT2D eigenvalue weighted by Crippen LogP contribution is 2.31. The van der Waals surface area contributed by atoms with E-state index < -0.39 is 0 Å². The molecule has 1 N–H and O–H groups in total. The van der Waals surface area contributed by atoms with Gasteiger partial charge in [0.2, 0.25) is 0 Å². The van der Waals surface area contributed by atoms with Crippen LogP contribution in [0.4, 0.5) is 10.8 Å². The number of rotatable bonds is 5. The molecule has 0 aliphatic heterocycles. The molecule has 0 saturated heterocycles. The van der Waals surface area contributed by atoms with Crippen molar-refractivity contribution in [2.45, 2.75) is 0 Å². The van der Waals surface area contributed by atoms with Crippen molar-refractivity contribution >= 4 is 39.7 Å². The lowest BCUT2D eigenvalue weighted by Crippen LogP contribution is -2.14. The number of nitrogens with one attached hydrogen (secondary N) is 1. The van der Waals surface area contributed by atoms with E-state index in [9.17, 15) is 4.79 Å². The molecule has 3 rings (SSSR count). The van der Waals surface area contributed by atoms with Gasteiger partial charge >= 0.3 is 0 Å². The zero-order valence-corrected chi connectivity index (χ0v) is 16.2. The molecule has 3 aromatic rings. The molecule has 0 fully saturated rings. The molecule has 0 spiro atoms. The molecule has 2 aromatic carbocycles. The molecule has 5 nitrogen and oxygen atoms in total. The number of methoxy groups -OCH3 is 1. The molecule has 0 saturated carbocycles. The Morgan fingerprint density at radius 2 is 2.04 bits per heavy atom. The lowest BCUT2D eigenvalue weighted by molar-refractivity contribution is 0.102. The van der Waals surface area contributed by atoms with E-state index in [0.29, 0.717) is 21.5 Å². The van der Waals surface area contributed by atoms with Gasteiger partial charge in [-0.25, -0.2) is 4.98 Å². The highest BCUT2D eigenvalue weighted by molar-refractivity contribution is 7.14. The number of carbonyl (C=O) groups is 1. The molecule has 0 radical (unpaired) electrons. The van der Waals surface area contributed by atoms with Crippen LogP contribution in [0.2, 0.25) is 5.02 Å². The Labute approximate surface area is 161 Å².